The minimum Gasteiger partial charge on any atom is -0.354 e. The van der Waals surface area contributed by atoms with Crippen molar-refractivity contribution < 1.29 is 4.79 Å². The molecule has 0 aliphatic carbocycles. The van der Waals surface area contributed by atoms with Crippen molar-refractivity contribution in [3.8, 4) is 0 Å². The number of aromatic nitrogens is 3. The van der Waals surface area contributed by atoms with E-state index in [1.807, 2.05) is 30.3 Å². The third kappa shape index (κ3) is 4.78. The second kappa shape index (κ2) is 8.58. The van der Waals surface area contributed by atoms with Gasteiger partial charge < -0.3 is 5.32 Å². The summed E-state index contributed by atoms with van der Waals surface area (Å²) >= 11 is 0. The molecule has 6 heteroatoms. The fourth-order valence-electron chi connectivity index (χ4n) is 2.93. The molecule has 3 aromatic rings. The number of nitrogens with one attached hydrogen (secondary N) is 1. The van der Waals surface area contributed by atoms with E-state index in [0.29, 0.717) is 24.3 Å². The summed E-state index contributed by atoms with van der Waals surface area (Å²) in [7, 11) is 0. The Hall–Kier alpha value is -3.02. The molecular weight excluding hydrogens is 340 g/mol. The van der Waals surface area contributed by atoms with Crippen molar-refractivity contribution in [3.05, 3.63) is 70.4 Å². The number of amides is 1. The van der Waals surface area contributed by atoms with Gasteiger partial charge in [-0.3, -0.25) is 14.6 Å². The first kappa shape index (κ1) is 18.8. The van der Waals surface area contributed by atoms with Gasteiger partial charge in [0.25, 0.3) is 5.56 Å². The Morgan fingerprint density at radius 2 is 1.81 bits per heavy atom. The number of hydrogen-bond donors (Lipinski definition) is 1. The molecule has 0 saturated carbocycles. The number of carbonyl (C=O) groups is 1. The molecule has 27 heavy (non-hydrogen) atoms. The van der Waals surface area contributed by atoms with Crippen LogP contribution in [0.5, 0.6) is 0 Å². The van der Waals surface area contributed by atoms with Crippen LogP contribution >= 0.6 is 0 Å². The van der Waals surface area contributed by atoms with Crippen LogP contribution in [0.4, 0.5) is 0 Å². The minimum atomic E-state index is -0.247. The molecule has 1 amide bonds. The highest BCUT2D eigenvalue weighted by atomic mass is 16.2. The van der Waals surface area contributed by atoms with Crippen LogP contribution < -0.4 is 10.9 Å². The summed E-state index contributed by atoms with van der Waals surface area (Å²) in [4.78, 5) is 29.0. The summed E-state index contributed by atoms with van der Waals surface area (Å²) in [5.41, 5.74) is 1.57. The number of rotatable bonds is 7. The van der Waals surface area contributed by atoms with Gasteiger partial charge in [-0.1, -0.05) is 32.0 Å². The van der Waals surface area contributed by atoms with Crippen LogP contribution in [0, 0.1) is 5.92 Å². The summed E-state index contributed by atoms with van der Waals surface area (Å²) in [5.74, 6) is 0.314. The smallest absolute Gasteiger partial charge is 0.275 e. The lowest BCUT2D eigenvalue weighted by molar-refractivity contribution is -0.121. The van der Waals surface area contributed by atoms with Crippen molar-refractivity contribution in [1.29, 1.82) is 0 Å². The first-order chi connectivity index (χ1) is 13.0. The van der Waals surface area contributed by atoms with E-state index in [9.17, 15) is 9.59 Å². The molecule has 6 nitrogen and oxygen atoms in total. The second-order valence-electron chi connectivity index (χ2n) is 7.02. The van der Waals surface area contributed by atoms with E-state index >= 15 is 0 Å². The van der Waals surface area contributed by atoms with Crippen molar-refractivity contribution in [1.82, 2.24) is 20.1 Å². The van der Waals surface area contributed by atoms with Gasteiger partial charge in [-0.15, -0.1) is 0 Å². The SMILES string of the molecule is CC(C)CCNC(=O)Cn1nc(Cc2ccncc2)c2ccccc2c1=O. The number of carbonyl (C=O) groups excluding carboxylic acids is 1. The number of hydrogen-bond acceptors (Lipinski definition) is 4. The maximum Gasteiger partial charge on any atom is 0.275 e. The van der Waals surface area contributed by atoms with Crippen LogP contribution in [0.25, 0.3) is 10.8 Å². The van der Waals surface area contributed by atoms with Gasteiger partial charge in [-0.05, 0) is 36.1 Å². The summed E-state index contributed by atoms with van der Waals surface area (Å²) < 4.78 is 1.27. The summed E-state index contributed by atoms with van der Waals surface area (Å²) in [6.45, 7) is 4.73. The Morgan fingerprint density at radius 3 is 2.52 bits per heavy atom. The van der Waals surface area contributed by atoms with Crippen LogP contribution in [0.3, 0.4) is 0 Å². The summed E-state index contributed by atoms with van der Waals surface area (Å²) in [5, 5.41) is 8.75. The molecule has 1 N–H and O–H groups in total. The van der Waals surface area contributed by atoms with Crippen molar-refractivity contribution in [2.24, 2.45) is 5.92 Å². The van der Waals surface area contributed by atoms with E-state index in [1.165, 1.54) is 4.68 Å². The van der Waals surface area contributed by atoms with E-state index in [2.05, 4.69) is 29.2 Å². The van der Waals surface area contributed by atoms with Gasteiger partial charge in [0, 0.05) is 30.7 Å². The van der Waals surface area contributed by atoms with Crippen LogP contribution in [-0.4, -0.2) is 27.2 Å². The molecular formula is C21H24N4O2. The predicted octanol–water partition coefficient (Wildman–Crippen LogP) is 2.54. The lowest BCUT2D eigenvalue weighted by Gasteiger charge is -2.12. The van der Waals surface area contributed by atoms with Gasteiger partial charge in [0.05, 0.1) is 11.1 Å². The topological polar surface area (TPSA) is 76.9 Å². The van der Waals surface area contributed by atoms with Crippen molar-refractivity contribution in [2.45, 2.75) is 33.2 Å². The van der Waals surface area contributed by atoms with Gasteiger partial charge in [-0.2, -0.15) is 5.10 Å². The van der Waals surface area contributed by atoms with Gasteiger partial charge in [0.1, 0.15) is 6.54 Å². The molecule has 2 aromatic heterocycles. The monoisotopic (exact) mass is 364 g/mol. The Kier molecular flexibility index (Phi) is 5.96. The third-order valence-electron chi connectivity index (χ3n) is 4.40. The zero-order chi connectivity index (χ0) is 19.2. The Bertz CT molecular complexity index is 980. The lowest BCUT2D eigenvalue weighted by atomic mass is 10.1. The van der Waals surface area contributed by atoms with Gasteiger partial charge >= 0.3 is 0 Å². The standard InChI is InChI=1S/C21H24N4O2/c1-15(2)7-12-23-20(26)14-25-21(27)18-6-4-3-5-17(18)19(24-25)13-16-8-10-22-11-9-16/h3-6,8-11,15H,7,12-14H2,1-2H3,(H,23,26). The summed E-state index contributed by atoms with van der Waals surface area (Å²) in [6.07, 6.45) is 4.93. The normalized spacial score (nSPS) is 11.1. The molecule has 0 atom stereocenters. The highest BCUT2D eigenvalue weighted by molar-refractivity contribution is 5.84. The van der Waals surface area contributed by atoms with E-state index in [4.69, 9.17) is 0 Å². The van der Waals surface area contributed by atoms with Crippen molar-refractivity contribution in [3.63, 3.8) is 0 Å². The van der Waals surface area contributed by atoms with E-state index in [-0.39, 0.29) is 18.0 Å². The maximum atomic E-state index is 12.8. The molecule has 0 radical (unpaired) electrons. The van der Waals surface area contributed by atoms with Crippen molar-refractivity contribution in [2.75, 3.05) is 6.54 Å². The largest absolute Gasteiger partial charge is 0.354 e. The van der Waals surface area contributed by atoms with Crippen LogP contribution in [-0.2, 0) is 17.8 Å². The Balaban J connectivity index is 1.90. The zero-order valence-electron chi connectivity index (χ0n) is 15.7. The van der Waals surface area contributed by atoms with E-state index < -0.39 is 0 Å². The number of fused-ring (bicyclic) bond motifs is 1. The molecule has 0 aliphatic rings. The molecule has 0 aliphatic heterocycles. The quantitative estimate of drug-likeness (QED) is 0.699. The first-order valence-corrected chi connectivity index (χ1v) is 9.19. The molecule has 0 spiro atoms. The average Bonchev–Trinajstić information content (AvgIpc) is 2.66. The molecule has 140 valence electrons. The average molecular weight is 364 g/mol. The highest BCUT2D eigenvalue weighted by Crippen LogP contribution is 2.16. The fraction of sp³-hybridized carbons (Fsp3) is 0.333. The lowest BCUT2D eigenvalue weighted by Crippen LogP contribution is -2.35. The van der Waals surface area contributed by atoms with Crippen LogP contribution in [0.1, 0.15) is 31.5 Å². The molecule has 0 unspecified atom stereocenters. The predicted molar refractivity (Wildman–Crippen MR) is 106 cm³/mol. The molecule has 0 bridgehead atoms. The number of benzene rings is 1. The van der Waals surface area contributed by atoms with Gasteiger partial charge in [0.2, 0.25) is 5.91 Å². The Morgan fingerprint density at radius 1 is 1.11 bits per heavy atom. The van der Waals surface area contributed by atoms with Crippen LogP contribution in [0.2, 0.25) is 0 Å². The molecule has 2 heterocycles. The van der Waals surface area contributed by atoms with E-state index in [0.717, 1.165) is 23.1 Å². The zero-order valence-corrected chi connectivity index (χ0v) is 15.7. The maximum absolute atomic E-state index is 12.8. The number of nitrogens with zero attached hydrogens (tertiary/aromatic N) is 3. The number of pyridine rings is 1. The Labute approximate surface area is 158 Å². The van der Waals surface area contributed by atoms with Gasteiger partial charge in [0.15, 0.2) is 0 Å². The molecule has 1 aromatic carbocycles. The van der Waals surface area contributed by atoms with E-state index in [1.54, 1.807) is 18.5 Å². The van der Waals surface area contributed by atoms with Gasteiger partial charge in [-0.25, -0.2) is 4.68 Å². The molecule has 0 saturated heterocycles. The minimum absolute atomic E-state index is 0.0783. The summed E-state index contributed by atoms with van der Waals surface area (Å²) in [6, 6.07) is 11.2. The van der Waals surface area contributed by atoms with Crippen LogP contribution in [0.15, 0.2) is 53.6 Å². The first-order valence-electron chi connectivity index (χ1n) is 9.19. The highest BCUT2D eigenvalue weighted by Gasteiger charge is 2.13. The third-order valence-corrected chi connectivity index (χ3v) is 4.40. The van der Waals surface area contributed by atoms with Crippen molar-refractivity contribution >= 4 is 16.7 Å². The fourth-order valence-corrected chi connectivity index (χ4v) is 2.93. The molecule has 3 rings (SSSR count). The molecule has 0 fully saturated rings. The second-order valence-corrected chi connectivity index (χ2v) is 7.02.